The summed E-state index contributed by atoms with van der Waals surface area (Å²) >= 11 is 0. The van der Waals surface area contributed by atoms with Gasteiger partial charge in [0.2, 0.25) is 11.8 Å². The number of aldehydes is 1. The first-order valence-corrected chi connectivity index (χ1v) is 23.2. The number of phenolic OH excluding ortho intramolecular Hbond substituents is 1. The molecule has 1 aliphatic carbocycles. The molecule has 2 aromatic heterocycles. The third-order valence-corrected chi connectivity index (χ3v) is 13.8. The Kier molecular flexibility index (Phi) is 13.0. The number of methoxy groups -OCH3 is 1. The molecule has 14 heteroatoms. The Bertz CT molecular complexity index is 2410. The summed E-state index contributed by atoms with van der Waals surface area (Å²) in [6.45, 7) is 13.6. The Morgan fingerprint density at radius 1 is 1.05 bits per heavy atom. The Morgan fingerprint density at radius 2 is 1.84 bits per heavy atom. The first kappa shape index (κ1) is 45.4. The largest absolute Gasteiger partial charge is 0.508 e. The molecule has 2 saturated heterocycles. The van der Waals surface area contributed by atoms with Crippen molar-refractivity contribution < 1.29 is 33.8 Å². The molecule has 6 atom stereocenters. The van der Waals surface area contributed by atoms with Crippen molar-refractivity contribution in [2.24, 2.45) is 17.3 Å². The van der Waals surface area contributed by atoms with Gasteiger partial charge in [-0.1, -0.05) is 52.7 Å². The maximum atomic E-state index is 14.8. The lowest BCUT2D eigenvalue weighted by atomic mass is 9.84. The number of nitrogens with zero attached hydrogens (tertiary/aromatic N) is 4. The highest BCUT2D eigenvalue weighted by atomic mass is 16.5. The average Bonchev–Trinajstić information content (AvgIpc) is 3.77. The van der Waals surface area contributed by atoms with E-state index in [1.807, 2.05) is 32.9 Å². The molecule has 64 heavy (non-hydrogen) atoms. The fourth-order valence-corrected chi connectivity index (χ4v) is 10.6. The molecule has 342 valence electrons. The summed E-state index contributed by atoms with van der Waals surface area (Å²) < 4.78 is 14.7. The molecule has 0 spiro atoms. The van der Waals surface area contributed by atoms with Crippen LogP contribution < -0.4 is 16.2 Å². The van der Waals surface area contributed by atoms with Crippen LogP contribution in [0.4, 0.5) is 0 Å². The minimum Gasteiger partial charge on any atom is -0.508 e. The van der Waals surface area contributed by atoms with Crippen molar-refractivity contribution in [2.75, 3.05) is 26.9 Å². The van der Waals surface area contributed by atoms with E-state index >= 15 is 0 Å². The number of benzene rings is 2. The van der Waals surface area contributed by atoms with Gasteiger partial charge in [-0.15, -0.1) is 0 Å². The summed E-state index contributed by atoms with van der Waals surface area (Å²) in [5.74, 6) is -1.40. The van der Waals surface area contributed by atoms with E-state index in [-0.39, 0.29) is 48.7 Å². The summed E-state index contributed by atoms with van der Waals surface area (Å²) in [7, 11) is 1.69. The van der Waals surface area contributed by atoms with E-state index in [4.69, 9.17) is 14.5 Å². The number of amides is 3. The van der Waals surface area contributed by atoms with Crippen LogP contribution in [-0.4, -0.2) is 99.2 Å². The van der Waals surface area contributed by atoms with E-state index in [1.165, 1.54) is 10.0 Å². The molecular weight excluding hydrogens is 811 g/mol. The van der Waals surface area contributed by atoms with Crippen LogP contribution in [0.3, 0.4) is 0 Å². The second-order valence-electron chi connectivity index (χ2n) is 19.6. The normalized spacial score (nSPS) is 24.9. The fraction of sp³-hybridized carbons (Fsp3) is 0.540. The number of rotatable bonds is 9. The van der Waals surface area contributed by atoms with Gasteiger partial charge in [0.1, 0.15) is 29.7 Å². The zero-order valence-corrected chi connectivity index (χ0v) is 38.4. The highest BCUT2D eigenvalue weighted by Crippen LogP contribution is 2.42. The number of carbonyl (C=O) groups excluding carboxylic acids is 4. The van der Waals surface area contributed by atoms with Gasteiger partial charge in [-0.2, -0.15) is 0 Å². The molecule has 5 heterocycles. The van der Waals surface area contributed by atoms with Gasteiger partial charge >= 0.3 is 0 Å². The minimum atomic E-state index is -1.19. The van der Waals surface area contributed by atoms with Crippen LogP contribution in [0.1, 0.15) is 103 Å². The first-order chi connectivity index (χ1) is 30.7. The van der Waals surface area contributed by atoms with Crippen molar-refractivity contribution in [1.29, 1.82) is 0 Å². The molecule has 1 saturated carbocycles. The predicted molar refractivity (Wildman–Crippen MR) is 245 cm³/mol. The number of aryl methyl sites for hydroxylation is 1. The third-order valence-electron chi connectivity index (χ3n) is 13.8. The van der Waals surface area contributed by atoms with Crippen LogP contribution in [0.15, 0.2) is 54.7 Å². The predicted octanol–water partition coefficient (Wildman–Crippen LogP) is 6.42. The molecule has 3 fully saturated rings. The van der Waals surface area contributed by atoms with E-state index < -0.39 is 34.9 Å². The monoisotopic (exact) mass is 875 g/mol. The number of aromatic hydroxyl groups is 1. The summed E-state index contributed by atoms with van der Waals surface area (Å²) in [6, 6.07) is 13.7. The van der Waals surface area contributed by atoms with Gasteiger partial charge in [0.25, 0.3) is 5.91 Å². The SMILES string of the molecule is CCn1c(-c2cccnc2[C@H](C)OC)c2c3cc(ccc31)-c1cc(O)cc(c1)C[C@H](NC(=O)[C@H](C(C)C)N1N[C@H]3CCCC[C@@H]3C1=O)C(=O)N1CCC[C@](C=O)(COCC(C)(C)C2)N1. The molecule has 4 aromatic rings. The minimum absolute atomic E-state index is 0.0176. The van der Waals surface area contributed by atoms with E-state index in [1.54, 1.807) is 25.4 Å². The molecule has 0 radical (unpaired) electrons. The van der Waals surface area contributed by atoms with Crippen molar-refractivity contribution in [2.45, 2.75) is 129 Å². The fourth-order valence-electron chi connectivity index (χ4n) is 10.6. The molecular formula is C50H65N7O7. The van der Waals surface area contributed by atoms with E-state index in [0.717, 1.165) is 76.5 Å². The molecule has 4 aliphatic rings. The van der Waals surface area contributed by atoms with Gasteiger partial charge in [-0.25, -0.2) is 10.9 Å². The van der Waals surface area contributed by atoms with E-state index in [9.17, 15) is 24.3 Å². The lowest BCUT2D eigenvalue weighted by Crippen LogP contribution is -2.66. The zero-order valence-electron chi connectivity index (χ0n) is 38.4. The highest BCUT2D eigenvalue weighted by molar-refractivity contribution is 5.96. The Labute approximate surface area is 376 Å². The summed E-state index contributed by atoms with van der Waals surface area (Å²) in [5, 5.41) is 18.4. The van der Waals surface area contributed by atoms with E-state index in [2.05, 4.69) is 65.8 Å². The highest BCUT2D eigenvalue weighted by Gasteiger charge is 2.47. The third kappa shape index (κ3) is 8.81. The van der Waals surface area contributed by atoms with E-state index in [0.29, 0.717) is 44.5 Å². The quantitative estimate of drug-likeness (QED) is 0.138. The standard InChI is InChI=1S/C50H65N7O7/c1-8-55-42-17-16-33-25-38(42)39(45(55)37-14-11-19-51-43(37)31(4)63-7)26-49(5,6)28-64-29-50(27-58)18-12-20-56(54-50)48(62)41(23-32-21-34(33)24-35(59)22-32)52-46(60)44(30(2)3)57-47(61)36-13-9-10-15-40(36)53-57/h11,14,16-17,19,21-22,24-25,27,30-31,36,40-41,44,53-54,59H,8-10,12-13,15,18,20,23,26,28-29H2,1-7H3,(H,52,60)/t31-,36-,40-,41-,44-,50-/m0/s1. The average molecular weight is 876 g/mol. The molecule has 3 amide bonds. The summed E-state index contributed by atoms with van der Waals surface area (Å²) in [5.41, 5.74) is 12.3. The lowest BCUT2D eigenvalue weighted by Gasteiger charge is -2.42. The maximum absolute atomic E-state index is 14.8. The lowest BCUT2D eigenvalue weighted by molar-refractivity contribution is -0.149. The number of hydrogen-bond donors (Lipinski definition) is 4. The second kappa shape index (κ2) is 18.4. The first-order valence-electron chi connectivity index (χ1n) is 23.2. The van der Waals surface area contributed by atoms with Crippen molar-refractivity contribution in [3.05, 3.63) is 71.5 Å². The van der Waals surface area contributed by atoms with Crippen LogP contribution >= 0.6 is 0 Å². The molecule has 4 N–H and O–H groups in total. The molecule has 14 nitrogen and oxygen atoms in total. The molecule has 0 unspecified atom stereocenters. The summed E-state index contributed by atoms with van der Waals surface area (Å²) in [4.78, 5) is 61.1. The second-order valence-corrected chi connectivity index (χ2v) is 19.6. The van der Waals surface area contributed by atoms with Crippen molar-refractivity contribution in [3.8, 4) is 28.1 Å². The van der Waals surface area contributed by atoms with Crippen LogP contribution in [0.25, 0.3) is 33.3 Å². The van der Waals surface area contributed by atoms with Crippen LogP contribution in [0, 0.1) is 17.3 Å². The Morgan fingerprint density at radius 3 is 2.58 bits per heavy atom. The number of hydrazine groups is 2. The maximum Gasteiger partial charge on any atom is 0.259 e. The Hall–Kier alpha value is -5.15. The number of carbonyl (C=O) groups is 4. The van der Waals surface area contributed by atoms with Gasteiger partial charge in [0.05, 0.1) is 36.6 Å². The Balaban J connectivity index is 1.24. The molecule has 2 aromatic carbocycles. The van der Waals surface area contributed by atoms with Crippen molar-refractivity contribution in [3.63, 3.8) is 0 Å². The number of fused-ring (bicyclic) bond motifs is 7. The number of hydrogen-bond acceptors (Lipinski definition) is 10. The number of ether oxygens (including phenoxy) is 2. The van der Waals surface area contributed by atoms with Gasteiger partial charge in [-0.05, 0) is 116 Å². The van der Waals surface area contributed by atoms with Gasteiger partial charge in [0.15, 0.2) is 0 Å². The van der Waals surface area contributed by atoms with Crippen molar-refractivity contribution >= 4 is 34.9 Å². The van der Waals surface area contributed by atoms with Crippen LogP contribution in [0.2, 0.25) is 0 Å². The van der Waals surface area contributed by atoms with Crippen molar-refractivity contribution in [1.82, 2.24) is 35.7 Å². The molecule has 8 rings (SSSR count). The van der Waals surface area contributed by atoms with Gasteiger partial charge < -0.3 is 29.3 Å². The number of aromatic nitrogens is 2. The van der Waals surface area contributed by atoms with Gasteiger partial charge in [-0.3, -0.25) is 29.4 Å². The number of phenols is 1. The van der Waals surface area contributed by atoms with Crippen LogP contribution in [-0.2, 0) is 48.0 Å². The van der Waals surface area contributed by atoms with Crippen LogP contribution in [0.5, 0.6) is 5.75 Å². The molecule has 6 bridgehead atoms. The topological polar surface area (TPSA) is 167 Å². The number of nitrogens with one attached hydrogen (secondary N) is 3. The zero-order chi connectivity index (χ0) is 45.5. The molecule has 3 aliphatic heterocycles. The number of pyridine rings is 1. The smallest absolute Gasteiger partial charge is 0.259 e. The summed E-state index contributed by atoms with van der Waals surface area (Å²) in [6.07, 6.45) is 7.64. The van der Waals surface area contributed by atoms with Gasteiger partial charge in [0, 0.05) is 55.3 Å².